The molecule has 21 heavy (non-hydrogen) atoms. The van der Waals surface area contributed by atoms with Crippen molar-refractivity contribution in [2.45, 2.75) is 25.3 Å². The van der Waals surface area contributed by atoms with Crippen LogP contribution in [0.15, 0.2) is 24.3 Å². The van der Waals surface area contributed by atoms with Crippen molar-refractivity contribution in [3.05, 3.63) is 24.3 Å². The van der Waals surface area contributed by atoms with Gasteiger partial charge in [0.2, 0.25) is 0 Å². The Hall–Kier alpha value is -1.75. The monoisotopic (exact) mass is 290 g/mol. The van der Waals surface area contributed by atoms with Crippen molar-refractivity contribution in [3.63, 3.8) is 0 Å². The Kier molecular flexibility index (Phi) is 4.01. The quantitative estimate of drug-likeness (QED) is 0.796. The summed E-state index contributed by atoms with van der Waals surface area (Å²) in [5, 5.41) is 15.4. The molecule has 2 saturated carbocycles. The molecule has 1 aromatic rings. The average Bonchev–Trinajstić information content (AvgIpc) is 3.08. The summed E-state index contributed by atoms with van der Waals surface area (Å²) >= 11 is 0. The zero-order valence-electron chi connectivity index (χ0n) is 12.2. The van der Waals surface area contributed by atoms with E-state index in [-0.39, 0.29) is 24.6 Å². The summed E-state index contributed by atoms with van der Waals surface area (Å²) in [6, 6.07) is 7.19. The van der Waals surface area contributed by atoms with Crippen LogP contribution in [-0.4, -0.2) is 30.9 Å². The number of rotatable bonds is 4. The molecule has 4 atom stereocenters. The second-order valence-corrected chi connectivity index (χ2v) is 6.00. The van der Waals surface area contributed by atoms with Crippen molar-refractivity contribution in [1.82, 2.24) is 5.32 Å². The van der Waals surface area contributed by atoms with Crippen LogP contribution in [0.5, 0.6) is 5.75 Å². The van der Waals surface area contributed by atoms with Crippen molar-refractivity contribution in [2.24, 2.45) is 17.8 Å². The van der Waals surface area contributed by atoms with Gasteiger partial charge >= 0.3 is 6.03 Å². The van der Waals surface area contributed by atoms with Gasteiger partial charge < -0.3 is 20.5 Å². The van der Waals surface area contributed by atoms with Crippen LogP contribution >= 0.6 is 0 Å². The third-order valence-electron chi connectivity index (χ3n) is 4.95. The van der Waals surface area contributed by atoms with E-state index >= 15 is 0 Å². The van der Waals surface area contributed by atoms with Crippen LogP contribution in [0, 0.1) is 17.8 Å². The normalized spacial score (nSPS) is 30.2. The number of aliphatic hydroxyl groups excluding tert-OH is 1. The van der Waals surface area contributed by atoms with Crippen molar-refractivity contribution in [1.29, 1.82) is 0 Å². The second-order valence-electron chi connectivity index (χ2n) is 6.00. The van der Waals surface area contributed by atoms with E-state index < -0.39 is 0 Å². The molecule has 5 nitrogen and oxygen atoms in total. The molecule has 3 rings (SSSR count). The van der Waals surface area contributed by atoms with Gasteiger partial charge in [-0.1, -0.05) is 12.1 Å². The number of anilines is 1. The number of carbonyl (C=O) groups is 1. The maximum Gasteiger partial charge on any atom is 0.319 e. The highest BCUT2D eigenvalue weighted by atomic mass is 16.5. The molecular formula is C16H22N2O3. The molecule has 2 bridgehead atoms. The van der Waals surface area contributed by atoms with Crippen LogP contribution in [0.4, 0.5) is 10.5 Å². The Morgan fingerprint density at radius 2 is 2.10 bits per heavy atom. The molecule has 2 aliphatic carbocycles. The van der Waals surface area contributed by atoms with Gasteiger partial charge in [-0.25, -0.2) is 4.79 Å². The van der Waals surface area contributed by atoms with Gasteiger partial charge in [0.15, 0.2) is 0 Å². The first-order valence-corrected chi connectivity index (χ1v) is 7.54. The number of aliphatic hydroxyl groups is 1. The number of hydrogen-bond acceptors (Lipinski definition) is 3. The number of hydrogen-bond donors (Lipinski definition) is 3. The van der Waals surface area contributed by atoms with Gasteiger partial charge in [-0.05, 0) is 43.2 Å². The molecule has 0 unspecified atom stereocenters. The van der Waals surface area contributed by atoms with Gasteiger partial charge in [-0.15, -0.1) is 0 Å². The SMILES string of the molecule is COc1ccccc1NC(=O)N[C@@H]1[C@H]2CC[C@@H](C2)[C@@H]1CO. The zero-order chi connectivity index (χ0) is 14.8. The van der Waals surface area contributed by atoms with Gasteiger partial charge in [0.1, 0.15) is 5.75 Å². The molecule has 114 valence electrons. The molecule has 5 heteroatoms. The Labute approximate surface area is 124 Å². The van der Waals surface area contributed by atoms with Crippen LogP contribution in [0.2, 0.25) is 0 Å². The van der Waals surface area contributed by atoms with Crippen LogP contribution in [0.25, 0.3) is 0 Å². The van der Waals surface area contributed by atoms with E-state index in [1.807, 2.05) is 24.3 Å². The van der Waals surface area contributed by atoms with Gasteiger partial charge in [-0.2, -0.15) is 0 Å². The minimum absolute atomic E-state index is 0.0865. The summed E-state index contributed by atoms with van der Waals surface area (Å²) in [6.45, 7) is 0.154. The number of ether oxygens (including phenoxy) is 1. The van der Waals surface area contributed by atoms with Crippen LogP contribution in [-0.2, 0) is 0 Å². The van der Waals surface area contributed by atoms with Crippen LogP contribution in [0.1, 0.15) is 19.3 Å². The van der Waals surface area contributed by atoms with Crippen molar-refractivity contribution < 1.29 is 14.6 Å². The van der Waals surface area contributed by atoms with Crippen LogP contribution in [0.3, 0.4) is 0 Å². The van der Waals surface area contributed by atoms with Gasteiger partial charge in [0, 0.05) is 18.6 Å². The largest absolute Gasteiger partial charge is 0.495 e. The third-order valence-corrected chi connectivity index (χ3v) is 4.95. The lowest BCUT2D eigenvalue weighted by atomic mass is 9.85. The lowest BCUT2D eigenvalue weighted by Gasteiger charge is -2.30. The smallest absolute Gasteiger partial charge is 0.319 e. The Balaban J connectivity index is 1.64. The Morgan fingerprint density at radius 3 is 2.86 bits per heavy atom. The topological polar surface area (TPSA) is 70.6 Å². The van der Waals surface area contributed by atoms with E-state index in [4.69, 9.17) is 4.74 Å². The van der Waals surface area contributed by atoms with E-state index in [2.05, 4.69) is 10.6 Å². The summed E-state index contributed by atoms with van der Waals surface area (Å²) in [6.07, 6.45) is 3.47. The summed E-state index contributed by atoms with van der Waals surface area (Å²) in [5.41, 5.74) is 0.654. The van der Waals surface area contributed by atoms with E-state index in [0.29, 0.717) is 23.3 Å². The number of para-hydroxylation sites is 2. The molecule has 0 saturated heterocycles. The number of benzene rings is 1. The molecule has 3 N–H and O–H groups in total. The Bertz CT molecular complexity index is 520. The lowest BCUT2D eigenvalue weighted by Crippen LogP contribution is -2.46. The minimum Gasteiger partial charge on any atom is -0.495 e. The highest BCUT2D eigenvalue weighted by molar-refractivity contribution is 5.91. The standard InChI is InChI=1S/C16H22N2O3/c1-21-14-5-3-2-4-13(14)17-16(20)18-15-11-7-6-10(8-11)12(15)9-19/h2-5,10-12,15,19H,6-9H2,1H3,(H2,17,18,20)/t10-,11-,12-,15+/m0/s1. The van der Waals surface area contributed by atoms with E-state index in [0.717, 1.165) is 12.8 Å². The molecule has 0 aliphatic heterocycles. The maximum atomic E-state index is 12.2. The lowest BCUT2D eigenvalue weighted by molar-refractivity contribution is 0.146. The minimum atomic E-state index is -0.226. The fourth-order valence-corrected chi connectivity index (χ4v) is 3.96. The zero-order valence-corrected chi connectivity index (χ0v) is 12.2. The summed E-state index contributed by atoms with van der Waals surface area (Å²) < 4.78 is 5.23. The number of amides is 2. The number of urea groups is 1. The van der Waals surface area contributed by atoms with Gasteiger partial charge in [-0.3, -0.25) is 0 Å². The summed E-state index contributed by atoms with van der Waals surface area (Å²) in [4.78, 5) is 12.2. The van der Waals surface area contributed by atoms with Crippen molar-refractivity contribution in [2.75, 3.05) is 19.0 Å². The summed E-state index contributed by atoms with van der Waals surface area (Å²) in [7, 11) is 1.58. The highest BCUT2D eigenvalue weighted by Gasteiger charge is 2.47. The molecule has 2 fully saturated rings. The van der Waals surface area contributed by atoms with Gasteiger partial charge in [0.05, 0.1) is 12.8 Å². The predicted octanol–water partition coefficient (Wildman–Crippen LogP) is 2.22. The molecular weight excluding hydrogens is 268 g/mol. The number of carbonyl (C=O) groups excluding carboxylic acids is 1. The molecule has 2 aliphatic rings. The first kappa shape index (κ1) is 14.2. The first-order chi connectivity index (χ1) is 10.2. The number of fused-ring (bicyclic) bond motifs is 2. The first-order valence-electron chi connectivity index (χ1n) is 7.54. The maximum absolute atomic E-state index is 12.2. The third kappa shape index (κ3) is 2.70. The van der Waals surface area contributed by atoms with Gasteiger partial charge in [0.25, 0.3) is 0 Å². The van der Waals surface area contributed by atoms with E-state index in [1.54, 1.807) is 7.11 Å². The molecule has 0 spiro atoms. The molecule has 0 aromatic heterocycles. The summed E-state index contributed by atoms with van der Waals surface area (Å²) in [5.74, 6) is 1.92. The molecule has 2 amide bonds. The fourth-order valence-electron chi connectivity index (χ4n) is 3.96. The van der Waals surface area contributed by atoms with E-state index in [1.165, 1.54) is 6.42 Å². The van der Waals surface area contributed by atoms with Crippen molar-refractivity contribution >= 4 is 11.7 Å². The average molecular weight is 290 g/mol. The second kappa shape index (κ2) is 5.93. The predicted molar refractivity (Wildman–Crippen MR) is 80.3 cm³/mol. The van der Waals surface area contributed by atoms with Crippen molar-refractivity contribution in [3.8, 4) is 5.75 Å². The van der Waals surface area contributed by atoms with Crippen LogP contribution < -0.4 is 15.4 Å². The highest BCUT2D eigenvalue weighted by Crippen LogP contribution is 2.48. The molecule has 0 radical (unpaired) electrons. The molecule has 0 heterocycles. The molecule has 1 aromatic carbocycles. The number of nitrogens with one attached hydrogen (secondary N) is 2. The van der Waals surface area contributed by atoms with E-state index in [9.17, 15) is 9.90 Å². The Morgan fingerprint density at radius 1 is 1.33 bits per heavy atom. The fraction of sp³-hybridized carbons (Fsp3) is 0.562. The number of methoxy groups -OCH3 is 1.